The van der Waals surface area contributed by atoms with Crippen molar-refractivity contribution in [3.05, 3.63) is 0 Å². The molecule has 0 aliphatic rings. The van der Waals surface area contributed by atoms with Crippen LogP contribution in [0, 0.1) is 5.92 Å². The van der Waals surface area contributed by atoms with Crippen LogP contribution >= 0.6 is 7.92 Å². The van der Waals surface area contributed by atoms with Crippen molar-refractivity contribution in [2.24, 2.45) is 5.92 Å². The zero-order chi connectivity index (χ0) is 14.9. The Balaban J connectivity index is 3.58. The van der Waals surface area contributed by atoms with Crippen molar-refractivity contribution in [2.45, 2.75) is 65.1 Å². The van der Waals surface area contributed by atoms with Crippen LogP contribution in [-0.4, -0.2) is 44.4 Å². The zero-order valence-corrected chi connectivity index (χ0v) is 15.1. The van der Waals surface area contributed by atoms with Crippen LogP contribution in [0.15, 0.2) is 0 Å². The summed E-state index contributed by atoms with van der Waals surface area (Å²) in [5, 5.41) is 0. The van der Waals surface area contributed by atoms with Gasteiger partial charge < -0.3 is 9.47 Å². The van der Waals surface area contributed by atoms with Crippen molar-refractivity contribution in [3.8, 4) is 0 Å². The molecule has 0 aromatic heterocycles. The molecule has 0 amide bonds. The average molecular weight is 290 g/mol. The first-order valence-electron chi connectivity index (χ1n) is 7.62. The third-order valence-corrected chi connectivity index (χ3v) is 5.62. The van der Waals surface area contributed by atoms with Gasteiger partial charge in [0.1, 0.15) is 0 Å². The zero-order valence-electron chi connectivity index (χ0n) is 14.2. The lowest BCUT2D eigenvalue weighted by Gasteiger charge is -2.26. The largest absolute Gasteiger partial charge is 0.381 e. The molecule has 0 N–H and O–H groups in total. The Morgan fingerprint density at radius 1 is 0.947 bits per heavy atom. The first kappa shape index (κ1) is 19.4. The highest BCUT2D eigenvalue weighted by Gasteiger charge is 2.18. The molecule has 0 radical (unpaired) electrons. The minimum Gasteiger partial charge on any atom is -0.381 e. The molecular weight excluding hydrogens is 255 g/mol. The summed E-state index contributed by atoms with van der Waals surface area (Å²) in [6.45, 7) is 18.4. The van der Waals surface area contributed by atoms with Crippen molar-refractivity contribution in [2.75, 3.05) is 33.2 Å². The van der Waals surface area contributed by atoms with E-state index in [2.05, 4.69) is 47.9 Å². The van der Waals surface area contributed by atoms with E-state index in [9.17, 15) is 0 Å². The summed E-state index contributed by atoms with van der Waals surface area (Å²) in [5.74, 6) is 0.714. The van der Waals surface area contributed by atoms with E-state index in [0.29, 0.717) is 5.92 Å². The van der Waals surface area contributed by atoms with Crippen LogP contribution in [0.4, 0.5) is 0 Å². The first-order valence-corrected chi connectivity index (χ1v) is 9.93. The highest BCUT2D eigenvalue weighted by Crippen LogP contribution is 2.33. The van der Waals surface area contributed by atoms with Crippen LogP contribution in [0.25, 0.3) is 0 Å². The predicted octanol–water partition coefficient (Wildman–Crippen LogP) is 4.75. The van der Waals surface area contributed by atoms with Crippen molar-refractivity contribution < 1.29 is 9.47 Å². The third kappa shape index (κ3) is 11.8. The van der Waals surface area contributed by atoms with Gasteiger partial charge in [0, 0.05) is 19.8 Å². The van der Waals surface area contributed by atoms with E-state index in [1.165, 1.54) is 6.42 Å². The molecule has 0 aromatic rings. The highest BCUT2D eigenvalue weighted by atomic mass is 31.1. The standard InChI is InChI=1S/C16H35O2P/c1-14(2)8-12-18-16(4,5)10-13-17-11-9-15(3)19(6)7/h14-15H,8-13H2,1-7H3. The van der Waals surface area contributed by atoms with E-state index in [4.69, 9.17) is 9.47 Å². The summed E-state index contributed by atoms with van der Waals surface area (Å²) in [6.07, 6.45) is 3.30. The Hall–Kier alpha value is 0.350. The smallest absolute Gasteiger partial charge is 0.0648 e. The third-order valence-electron chi connectivity index (χ3n) is 3.60. The van der Waals surface area contributed by atoms with Gasteiger partial charge in [0.05, 0.1) is 5.60 Å². The van der Waals surface area contributed by atoms with E-state index in [1.54, 1.807) is 0 Å². The Bertz CT molecular complexity index is 215. The molecule has 2 nitrogen and oxygen atoms in total. The van der Waals surface area contributed by atoms with Crippen molar-refractivity contribution >= 4 is 7.92 Å². The molecule has 0 fully saturated rings. The van der Waals surface area contributed by atoms with Gasteiger partial charge in [0.2, 0.25) is 0 Å². The molecule has 1 atom stereocenters. The Kier molecular flexibility index (Phi) is 10.3. The second-order valence-electron chi connectivity index (χ2n) is 6.75. The molecule has 0 aliphatic carbocycles. The van der Waals surface area contributed by atoms with Crippen molar-refractivity contribution in [1.29, 1.82) is 0 Å². The lowest BCUT2D eigenvalue weighted by Crippen LogP contribution is -2.27. The van der Waals surface area contributed by atoms with E-state index < -0.39 is 0 Å². The molecule has 0 aliphatic heterocycles. The molecule has 0 bridgehead atoms. The summed E-state index contributed by atoms with van der Waals surface area (Å²) < 4.78 is 11.7. The Morgan fingerprint density at radius 2 is 1.58 bits per heavy atom. The quantitative estimate of drug-likeness (QED) is 0.403. The maximum absolute atomic E-state index is 5.93. The summed E-state index contributed by atoms with van der Waals surface area (Å²) in [5.41, 5.74) is 0.758. The molecule has 0 spiro atoms. The summed E-state index contributed by atoms with van der Waals surface area (Å²) >= 11 is 0. The summed E-state index contributed by atoms with van der Waals surface area (Å²) in [4.78, 5) is 0. The van der Waals surface area contributed by atoms with Gasteiger partial charge in [-0.3, -0.25) is 0 Å². The van der Waals surface area contributed by atoms with E-state index in [-0.39, 0.29) is 13.5 Å². The molecule has 0 heterocycles. The molecule has 0 saturated carbocycles. The number of rotatable bonds is 11. The Labute approximate surface area is 122 Å². The van der Waals surface area contributed by atoms with Gasteiger partial charge in [-0.15, -0.1) is 7.92 Å². The van der Waals surface area contributed by atoms with Gasteiger partial charge in [-0.05, 0) is 58.0 Å². The number of hydrogen-bond acceptors (Lipinski definition) is 2. The van der Waals surface area contributed by atoms with Gasteiger partial charge >= 0.3 is 0 Å². The van der Waals surface area contributed by atoms with Gasteiger partial charge in [-0.25, -0.2) is 0 Å². The lowest BCUT2D eigenvalue weighted by molar-refractivity contribution is -0.0442. The minimum atomic E-state index is -0.0529. The maximum atomic E-state index is 5.93. The summed E-state index contributed by atoms with van der Waals surface area (Å²) in [7, 11) is 0.176. The van der Waals surface area contributed by atoms with Gasteiger partial charge in [0.15, 0.2) is 0 Å². The maximum Gasteiger partial charge on any atom is 0.0648 e. The second kappa shape index (κ2) is 10.1. The number of hydrogen-bond donors (Lipinski definition) is 0. The highest BCUT2D eigenvalue weighted by molar-refractivity contribution is 7.56. The van der Waals surface area contributed by atoms with Gasteiger partial charge in [-0.2, -0.15) is 0 Å². The van der Waals surface area contributed by atoms with Crippen LogP contribution in [0.3, 0.4) is 0 Å². The molecule has 116 valence electrons. The molecular formula is C16H35O2P. The predicted molar refractivity (Wildman–Crippen MR) is 87.8 cm³/mol. The molecule has 0 rings (SSSR count). The van der Waals surface area contributed by atoms with E-state index in [1.807, 2.05) is 0 Å². The van der Waals surface area contributed by atoms with E-state index >= 15 is 0 Å². The number of ether oxygens (including phenoxy) is 2. The fraction of sp³-hybridized carbons (Fsp3) is 1.00. The van der Waals surface area contributed by atoms with Crippen LogP contribution < -0.4 is 0 Å². The van der Waals surface area contributed by atoms with Gasteiger partial charge in [-0.1, -0.05) is 20.8 Å². The fourth-order valence-corrected chi connectivity index (χ4v) is 2.20. The fourth-order valence-electron chi connectivity index (χ4n) is 1.58. The van der Waals surface area contributed by atoms with Crippen molar-refractivity contribution in [1.82, 2.24) is 0 Å². The van der Waals surface area contributed by atoms with Crippen LogP contribution in [0.5, 0.6) is 0 Å². The summed E-state index contributed by atoms with van der Waals surface area (Å²) in [6, 6.07) is 0. The van der Waals surface area contributed by atoms with Gasteiger partial charge in [0.25, 0.3) is 0 Å². The SMILES string of the molecule is CC(C)CCOC(C)(C)CCOCCC(C)P(C)C. The van der Waals surface area contributed by atoms with Crippen LogP contribution in [-0.2, 0) is 9.47 Å². The van der Waals surface area contributed by atoms with Crippen molar-refractivity contribution in [3.63, 3.8) is 0 Å². The molecule has 0 saturated heterocycles. The lowest BCUT2D eigenvalue weighted by atomic mass is 10.1. The topological polar surface area (TPSA) is 18.5 Å². The Morgan fingerprint density at radius 3 is 2.11 bits per heavy atom. The first-order chi connectivity index (χ1) is 8.74. The minimum absolute atomic E-state index is 0.0529. The molecule has 19 heavy (non-hydrogen) atoms. The van der Waals surface area contributed by atoms with E-state index in [0.717, 1.165) is 38.3 Å². The normalized spacial score (nSPS) is 14.4. The molecule has 3 heteroatoms. The second-order valence-corrected chi connectivity index (χ2v) is 9.56. The molecule has 1 unspecified atom stereocenters. The van der Waals surface area contributed by atoms with Crippen LogP contribution in [0.2, 0.25) is 0 Å². The average Bonchev–Trinajstić information content (AvgIpc) is 2.27. The monoisotopic (exact) mass is 290 g/mol. The van der Waals surface area contributed by atoms with Crippen LogP contribution in [0.1, 0.15) is 53.9 Å². The molecule has 0 aromatic carbocycles.